The number of likely N-dealkylation sites (N-methyl/N-ethyl adjacent to an activating group) is 1. The molecule has 0 radical (unpaired) electrons. The molecule has 0 saturated heterocycles. The molecule has 0 fully saturated rings. The number of hydrogen-bond donors (Lipinski definition) is 1. The van der Waals surface area contributed by atoms with Crippen LogP contribution in [0.4, 0.5) is 0 Å². The molecule has 0 aromatic heterocycles. The molecular formula is C14H24N2. The predicted molar refractivity (Wildman–Crippen MR) is 70.5 cm³/mol. The van der Waals surface area contributed by atoms with E-state index < -0.39 is 0 Å². The van der Waals surface area contributed by atoms with Crippen molar-refractivity contribution in [2.45, 2.75) is 33.4 Å². The number of hydrogen-bond acceptors (Lipinski definition) is 2. The second kappa shape index (κ2) is 7.42. The highest BCUT2D eigenvalue weighted by molar-refractivity contribution is 5.14. The lowest BCUT2D eigenvalue weighted by molar-refractivity contribution is 0.233. The van der Waals surface area contributed by atoms with Crippen molar-refractivity contribution in [3.05, 3.63) is 35.9 Å². The molecule has 0 spiro atoms. The van der Waals surface area contributed by atoms with Gasteiger partial charge < -0.3 is 5.32 Å². The molecule has 0 heterocycles. The van der Waals surface area contributed by atoms with E-state index in [9.17, 15) is 0 Å². The maximum absolute atomic E-state index is 3.48. The van der Waals surface area contributed by atoms with E-state index in [-0.39, 0.29) is 0 Å². The minimum absolute atomic E-state index is 0.642. The topological polar surface area (TPSA) is 15.3 Å². The highest BCUT2D eigenvalue weighted by Gasteiger charge is 2.05. The van der Waals surface area contributed by atoms with Gasteiger partial charge in [0.2, 0.25) is 0 Å². The van der Waals surface area contributed by atoms with Gasteiger partial charge in [-0.05, 0) is 26.0 Å². The molecule has 2 nitrogen and oxygen atoms in total. The smallest absolute Gasteiger partial charge is 0.0206 e. The number of benzene rings is 1. The molecule has 0 saturated carbocycles. The molecule has 0 aliphatic heterocycles. The molecule has 0 amide bonds. The Morgan fingerprint density at radius 1 is 1.19 bits per heavy atom. The van der Waals surface area contributed by atoms with Crippen molar-refractivity contribution in [3.63, 3.8) is 0 Å². The second-order valence-electron chi connectivity index (χ2n) is 4.38. The first kappa shape index (κ1) is 13.2. The normalized spacial score (nSPS) is 11.3. The van der Waals surface area contributed by atoms with Gasteiger partial charge in [-0.1, -0.05) is 37.3 Å². The molecule has 1 rings (SSSR count). The highest BCUT2D eigenvalue weighted by atomic mass is 15.2. The first-order chi connectivity index (χ1) is 7.74. The van der Waals surface area contributed by atoms with Gasteiger partial charge in [-0.2, -0.15) is 0 Å². The molecule has 1 aromatic rings. The molecule has 0 aliphatic rings. The molecule has 1 N–H and O–H groups in total. The first-order valence-electron chi connectivity index (χ1n) is 6.22. The molecule has 0 aliphatic carbocycles. The van der Waals surface area contributed by atoms with Gasteiger partial charge in [0.1, 0.15) is 0 Å². The fraction of sp³-hybridized carbons (Fsp3) is 0.571. The van der Waals surface area contributed by atoms with E-state index in [4.69, 9.17) is 0 Å². The summed E-state index contributed by atoms with van der Waals surface area (Å²) in [6.45, 7) is 11.0. The predicted octanol–water partition coefficient (Wildman–Crippen LogP) is 2.51. The largest absolute Gasteiger partial charge is 0.311 e. The summed E-state index contributed by atoms with van der Waals surface area (Å²) in [6, 6.07) is 11.2. The zero-order chi connectivity index (χ0) is 11.8. The Bertz CT molecular complexity index is 269. The lowest BCUT2D eigenvalue weighted by Crippen LogP contribution is -2.36. The van der Waals surface area contributed by atoms with Crippen LogP contribution in [0.3, 0.4) is 0 Å². The van der Waals surface area contributed by atoms with Crippen LogP contribution in [0.1, 0.15) is 26.3 Å². The van der Waals surface area contributed by atoms with Crippen molar-refractivity contribution in [1.29, 1.82) is 0 Å². The van der Waals surface area contributed by atoms with Crippen LogP contribution in [0.5, 0.6) is 0 Å². The van der Waals surface area contributed by atoms with E-state index in [2.05, 4.69) is 61.3 Å². The summed E-state index contributed by atoms with van der Waals surface area (Å²) in [5.74, 6) is 0. The van der Waals surface area contributed by atoms with E-state index >= 15 is 0 Å². The Kier molecular flexibility index (Phi) is 6.12. The fourth-order valence-corrected chi connectivity index (χ4v) is 1.83. The maximum atomic E-state index is 3.48. The quantitative estimate of drug-likeness (QED) is 0.710. The molecule has 1 aromatic carbocycles. The van der Waals surface area contributed by atoms with Crippen LogP contribution in [0, 0.1) is 0 Å². The third-order valence-corrected chi connectivity index (χ3v) is 2.88. The average molecular weight is 220 g/mol. The van der Waals surface area contributed by atoms with Crippen molar-refractivity contribution in [2.24, 2.45) is 0 Å². The summed E-state index contributed by atoms with van der Waals surface area (Å²) < 4.78 is 0. The summed E-state index contributed by atoms with van der Waals surface area (Å²) in [5.41, 5.74) is 1.36. The number of nitrogens with one attached hydrogen (secondary N) is 1. The van der Waals surface area contributed by atoms with E-state index in [0.717, 1.165) is 26.2 Å². The average Bonchev–Trinajstić information content (AvgIpc) is 2.30. The summed E-state index contributed by atoms with van der Waals surface area (Å²) in [5, 5.41) is 3.48. The second-order valence-corrected chi connectivity index (χ2v) is 4.38. The third-order valence-electron chi connectivity index (χ3n) is 2.88. The summed E-state index contributed by atoms with van der Waals surface area (Å²) >= 11 is 0. The van der Waals surface area contributed by atoms with Crippen molar-refractivity contribution >= 4 is 0 Å². The van der Waals surface area contributed by atoms with Gasteiger partial charge in [-0.3, -0.25) is 4.90 Å². The zero-order valence-electron chi connectivity index (χ0n) is 10.7. The first-order valence-corrected chi connectivity index (χ1v) is 6.22. The standard InChI is InChI=1S/C14H24N2/c1-4-16(13(2)3)11-10-15-12-14-8-6-5-7-9-14/h5-9,13,15H,4,10-12H2,1-3H3. The van der Waals surface area contributed by atoms with E-state index in [1.54, 1.807) is 0 Å². The van der Waals surface area contributed by atoms with Crippen LogP contribution < -0.4 is 5.32 Å². The molecule has 90 valence electrons. The Labute approximate surface area is 99.7 Å². The molecule has 16 heavy (non-hydrogen) atoms. The number of nitrogens with zero attached hydrogens (tertiary/aromatic N) is 1. The van der Waals surface area contributed by atoms with Gasteiger partial charge in [-0.15, -0.1) is 0 Å². The van der Waals surface area contributed by atoms with Crippen LogP contribution >= 0.6 is 0 Å². The monoisotopic (exact) mass is 220 g/mol. The van der Waals surface area contributed by atoms with Crippen LogP contribution in [-0.2, 0) is 6.54 Å². The minimum atomic E-state index is 0.642. The van der Waals surface area contributed by atoms with Crippen molar-refractivity contribution < 1.29 is 0 Å². The summed E-state index contributed by atoms with van der Waals surface area (Å²) in [4.78, 5) is 2.47. The third kappa shape index (κ3) is 4.77. The Hall–Kier alpha value is -0.860. The van der Waals surface area contributed by atoms with Crippen molar-refractivity contribution in [3.8, 4) is 0 Å². The lowest BCUT2D eigenvalue weighted by atomic mass is 10.2. The molecule has 2 heteroatoms. The summed E-state index contributed by atoms with van der Waals surface area (Å²) in [6.07, 6.45) is 0. The van der Waals surface area contributed by atoms with Crippen LogP contribution in [0.15, 0.2) is 30.3 Å². The van der Waals surface area contributed by atoms with Crippen LogP contribution in [0.2, 0.25) is 0 Å². The van der Waals surface area contributed by atoms with Gasteiger partial charge in [0.15, 0.2) is 0 Å². The maximum Gasteiger partial charge on any atom is 0.0206 e. The SMILES string of the molecule is CCN(CCNCc1ccccc1)C(C)C. The van der Waals surface area contributed by atoms with E-state index in [1.165, 1.54) is 5.56 Å². The number of rotatable bonds is 7. The van der Waals surface area contributed by atoms with Crippen molar-refractivity contribution in [2.75, 3.05) is 19.6 Å². The molecule has 0 atom stereocenters. The molecule has 0 unspecified atom stereocenters. The van der Waals surface area contributed by atoms with Crippen LogP contribution in [0.25, 0.3) is 0 Å². The molecular weight excluding hydrogens is 196 g/mol. The fourth-order valence-electron chi connectivity index (χ4n) is 1.83. The van der Waals surface area contributed by atoms with Crippen molar-refractivity contribution in [1.82, 2.24) is 10.2 Å². The lowest BCUT2D eigenvalue weighted by Gasteiger charge is -2.24. The van der Waals surface area contributed by atoms with Gasteiger partial charge in [0.25, 0.3) is 0 Å². The van der Waals surface area contributed by atoms with Gasteiger partial charge in [0, 0.05) is 25.7 Å². The van der Waals surface area contributed by atoms with E-state index in [0.29, 0.717) is 6.04 Å². The highest BCUT2D eigenvalue weighted by Crippen LogP contribution is 1.98. The summed E-state index contributed by atoms with van der Waals surface area (Å²) in [7, 11) is 0. The Balaban J connectivity index is 2.16. The molecule has 0 bridgehead atoms. The zero-order valence-corrected chi connectivity index (χ0v) is 10.7. The van der Waals surface area contributed by atoms with Crippen LogP contribution in [-0.4, -0.2) is 30.6 Å². The van der Waals surface area contributed by atoms with Gasteiger partial charge in [0.05, 0.1) is 0 Å². The van der Waals surface area contributed by atoms with E-state index in [1.807, 2.05) is 0 Å². The van der Waals surface area contributed by atoms with Gasteiger partial charge >= 0.3 is 0 Å². The Morgan fingerprint density at radius 2 is 1.88 bits per heavy atom. The Morgan fingerprint density at radius 3 is 2.44 bits per heavy atom. The minimum Gasteiger partial charge on any atom is -0.311 e. The van der Waals surface area contributed by atoms with Gasteiger partial charge in [-0.25, -0.2) is 0 Å².